The maximum Gasteiger partial charge on any atom is 0.314 e. The number of halogens is 2. The second-order valence-electron chi connectivity index (χ2n) is 7.38. The quantitative estimate of drug-likeness (QED) is 0.547. The second kappa shape index (κ2) is 11.4. The molecule has 0 spiro atoms. The van der Waals surface area contributed by atoms with Gasteiger partial charge in [0.05, 0.1) is 33.8 Å². The number of urea groups is 1. The monoisotopic (exact) mass is 465 g/mol. The molecule has 2 rings (SSSR count). The van der Waals surface area contributed by atoms with Crippen molar-refractivity contribution >= 4 is 39.1 Å². The smallest absolute Gasteiger partial charge is 0.314 e. The van der Waals surface area contributed by atoms with Gasteiger partial charge in [-0.3, -0.25) is 4.90 Å². The lowest BCUT2D eigenvalue weighted by atomic mass is 10.2. The standard InChI is InChI=1S/C19H29Cl2N3O4S/c1-14(2)29(26,27)9-3-6-22-19(25)23-11-16-13-24(7-8-28-16)12-15-4-5-17(20)18(21)10-15/h4-5,10,14,16H,3,6-9,11-13H2,1-2H3,(H2,22,23,25)/t16-/m0/s1. The summed E-state index contributed by atoms with van der Waals surface area (Å²) in [6.45, 7) is 6.81. The lowest BCUT2D eigenvalue weighted by molar-refractivity contribution is -0.0287. The second-order valence-corrected chi connectivity index (χ2v) is 10.9. The largest absolute Gasteiger partial charge is 0.374 e. The van der Waals surface area contributed by atoms with Crippen LogP contribution in [0.4, 0.5) is 4.79 Å². The highest BCUT2D eigenvalue weighted by Gasteiger charge is 2.21. The number of carbonyl (C=O) groups is 1. The number of benzene rings is 1. The number of ether oxygens (including phenoxy) is 1. The Labute approximate surface area is 183 Å². The molecule has 0 aromatic heterocycles. The SMILES string of the molecule is CC(C)S(=O)(=O)CCCNC(=O)NC[C@H]1CN(Cc2ccc(Cl)c(Cl)c2)CCO1. The van der Waals surface area contributed by atoms with Crippen LogP contribution in [0.3, 0.4) is 0 Å². The zero-order valence-corrected chi connectivity index (χ0v) is 19.1. The summed E-state index contributed by atoms with van der Waals surface area (Å²) in [6.07, 6.45) is 0.282. The third-order valence-corrected chi connectivity index (χ3v) is 7.75. The van der Waals surface area contributed by atoms with Gasteiger partial charge < -0.3 is 15.4 Å². The predicted molar refractivity (Wildman–Crippen MR) is 116 cm³/mol. The van der Waals surface area contributed by atoms with Crippen LogP contribution in [0.2, 0.25) is 10.0 Å². The zero-order valence-electron chi connectivity index (χ0n) is 16.8. The van der Waals surface area contributed by atoms with Gasteiger partial charge >= 0.3 is 6.03 Å². The number of sulfone groups is 1. The van der Waals surface area contributed by atoms with Crippen LogP contribution in [0.1, 0.15) is 25.8 Å². The molecule has 7 nitrogen and oxygen atoms in total. The average Bonchev–Trinajstić information content (AvgIpc) is 2.67. The molecule has 0 saturated carbocycles. The fourth-order valence-electron chi connectivity index (χ4n) is 2.92. The molecule has 164 valence electrons. The first-order valence-corrected chi connectivity index (χ1v) is 12.2. The number of nitrogens with one attached hydrogen (secondary N) is 2. The van der Waals surface area contributed by atoms with E-state index < -0.39 is 15.1 Å². The van der Waals surface area contributed by atoms with Crippen molar-refractivity contribution in [2.45, 2.75) is 38.2 Å². The Balaban J connectivity index is 1.68. The summed E-state index contributed by atoms with van der Waals surface area (Å²) in [5.74, 6) is 0.0698. The van der Waals surface area contributed by atoms with Crippen molar-refractivity contribution in [3.8, 4) is 0 Å². The molecule has 1 aliphatic heterocycles. The summed E-state index contributed by atoms with van der Waals surface area (Å²) < 4.78 is 29.2. The van der Waals surface area contributed by atoms with Crippen molar-refractivity contribution in [2.24, 2.45) is 0 Å². The van der Waals surface area contributed by atoms with Crippen LogP contribution in [-0.4, -0.2) is 69.2 Å². The van der Waals surface area contributed by atoms with E-state index in [1.807, 2.05) is 12.1 Å². The molecule has 0 aliphatic carbocycles. The van der Waals surface area contributed by atoms with Crippen LogP contribution in [0.25, 0.3) is 0 Å². The van der Waals surface area contributed by atoms with Crippen molar-refractivity contribution in [3.63, 3.8) is 0 Å². The van der Waals surface area contributed by atoms with E-state index in [0.29, 0.717) is 42.7 Å². The average molecular weight is 466 g/mol. The number of carbonyl (C=O) groups excluding carboxylic acids is 1. The molecule has 0 unspecified atom stereocenters. The zero-order chi connectivity index (χ0) is 21.4. The first-order chi connectivity index (χ1) is 13.7. The molecule has 0 bridgehead atoms. The Morgan fingerprint density at radius 1 is 1.28 bits per heavy atom. The van der Waals surface area contributed by atoms with Crippen LogP contribution >= 0.6 is 23.2 Å². The van der Waals surface area contributed by atoms with Crippen LogP contribution in [0.15, 0.2) is 18.2 Å². The van der Waals surface area contributed by atoms with E-state index in [2.05, 4.69) is 15.5 Å². The highest BCUT2D eigenvalue weighted by Crippen LogP contribution is 2.23. The molecular weight excluding hydrogens is 437 g/mol. The summed E-state index contributed by atoms with van der Waals surface area (Å²) >= 11 is 12.0. The van der Waals surface area contributed by atoms with Gasteiger partial charge in [0.2, 0.25) is 0 Å². The van der Waals surface area contributed by atoms with Crippen LogP contribution in [0, 0.1) is 0 Å². The van der Waals surface area contributed by atoms with Gasteiger partial charge in [-0.15, -0.1) is 0 Å². The van der Waals surface area contributed by atoms with Crippen molar-refractivity contribution in [1.29, 1.82) is 0 Å². The van der Waals surface area contributed by atoms with Crippen molar-refractivity contribution in [3.05, 3.63) is 33.8 Å². The van der Waals surface area contributed by atoms with Gasteiger partial charge in [0.15, 0.2) is 9.84 Å². The summed E-state index contributed by atoms with van der Waals surface area (Å²) in [6, 6.07) is 5.27. The molecular formula is C19H29Cl2N3O4S. The minimum absolute atomic E-state index is 0.0698. The van der Waals surface area contributed by atoms with Crippen LogP contribution < -0.4 is 10.6 Å². The minimum Gasteiger partial charge on any atom is -0.374 e. The number of amides is 2. The van der Waals surface area contributed by atoms with E-state index >= 15 is 0 Å². The molecule has 10 heteroatoms. The molecule has 1 aliphatic rings. The predicted octanol–water partition coefficient (Wildman–Crippen LogP) is 2.71. The molecule has 1 aromatic carbocycles. The Bertz CT molecular complexity index is 790. The van der Waals surface area contributed by atoms with Gasteiger partial charge in [-0.2, -0.15) is 0 Å². The lowest BCUT2D eigenvalue weighted by Crippen LogP contribution is -2.48. The number of rotatable bonds is 9. The van der Waals surface area contributed by atoms with Gasteiger partial charge in [0.25, 0.3) is 0 Å². The van der Waals surface area contributed by atoms with E-state index in [9.17, 15) is 13.2 Å². The Hall–Kier alpha value is -1.06. The third-order valence-electron chi connectivity index (χ3n) is 4.71. The number of hydrogen-bond acceptors (Lipinski definition) is 5. The number of hydrogen-bond donors (Lipinski definition) is 2. The Morgan fingerprint density at radius 2 is 2.03 bits per heavy atom. The fraction of sp³-hybridized carbons (Fsp3) is 0.632. The first-order valence-electron chi connectivity index (χ1n) is 9.68. The van der Waals surface area contributed by atoms with Gasteiger partial charge in [-0.05, 0) is 38.0 Å². The Morgan fingerprint density at radius 3 is 2.72 bits per heavy atom. The molecule has 1 atom stereocenters. The summed E-state index contributed by atoms with van der Waals surface area (Å²) in [5.41, 5.74) is 1.07. The fourth-order valence-corrected chi connectivity index (χ4v) is 4.26. The topological polar surface area (TPSA) is 87.7 Å². The molecule has 1 aromatic rings. The molecule has 1 heterocycles. The normalized spacial score (nSPS) is 18.0. The van der Waals surface area contributed by atoms with Crippen molar-refractivity contribution < 1.29 is 17.9 Å². The highest BCUT2D eigenvalue weighted by atomic mass is 35.5. The van der Waals surface area contributed by atoms with E-state index in [0.717, 1.165) is 18.7 Å². The van der Waals surface area contributed by atoms with E-state index in [1.165, 1.54) is 0 Å². The van der Waals surface area contributed by atoms with Crippen molar-refractivity contribution in [2.75, 3.05) is 38.5 Å². The highest BCUT2D eigenvalue weighted by molar-refractivity contribution is 7.91. The van der Waals surface area contributed by atoms with Gasteiger partial charge in [-0.1, -0.05) is 29.3 Å². The third kappa shape index (κ3) is 8.30. The number of nitrogens with zero attached hydrogens (tertiary/aromatic N) is 1. The molecule has 29 heavy (non-hydrogen) atoms. The van der Waals surface area contributed by atoms with Crippen molar-refractivity contribution in [1.82, 2.24) is 15.5 Å². The van der Waals surface area contributed by atoms with E-state index in [4.69, 9.17) is 27.9 Å². The minimum atomic E-state index is -3.08. The lowest BCUT2D eigenvalue weighted by Gasteiger charge is -2.33. The summed E-state index contributed by atoms with van der Waals surface area (Å²) in [4.78, 5) is 14.2. The molecule has 0 radical (unpaired) electrons. The van der Waals surface area contributed by atoms with E-state index in [-0.39, 0.29) is 17.9 Å². The van der Waals surface area contributed by atoms with Gasteiger partial charge in [-0.25, -0.2) is 13.2 Å². The first kappa shape index (κ1) is 24.2. The summed E-state index contributed by atoms with van der Waals surface area (Å²) in [7, 11) is -3.08. The molecule has 2 N–H and O–H groups in total. The Kier molecular flexibility index (Phi) is 9.49. The summed E-state index contributed by atoms with van der Waals surface area (Å²) in [5, 5.41) is 6.14. The van der Waals surface area contributed by atoms with Gasteiger partial charge in [0.1, 0.15) is 0 Å². The van der Waals surface area contributed by atoms with Crippen LogP contribution in [-0.2, 0) is 21.1 Å². The number of morpholine rings is 1. The molecule has 2 amide bonds. The molecule has 1 fully saturated rings. The van der Waals surface area contributed by atoms with E-state index in [1.54, 1.807) is 19.9 Å². The molecule has 1 saturated heterocycles. The van der Waals surface area contributed by atoms with Crippen LogP contribution in [0.5, 0.6) is 0 Å². The van der Waals surface area contributed by atoms with Gasteiger partial charge in [0, 0.05) is 32.7 Å². The maximum atomic E-state index is 11.9. The maximum absolute atomic E-state index is 11.9.